The van der Waals surface area contributed by atoms with E-state index in [0.717, 1.165) is 36.6 Å². The van der Waals surface area contributed by atoms with Gasteiger partial charge in [0.15, 0.2) is 0 Å². The first kappa shape index (κ1) is 18.7. The number of amides is 1. The van der Waals surface area contributed by atoms with Gasteiger partial charge in [0.25, 0.3) is 5.91 Å². The standard InChI is InChI=1S/C19H27N5O/c1-23(2)13-5-11-20-16-10-12-21-18(14-16)19(25)22-15-6-8-17(9-7-15)24(3)4/h6-10,12,14H,5,11,13H2,1-4H3,(H,20,21)(H,22,25). The first-order chi connectivity index (χ1) is 12.0. The van der Waals surface area contributed by atoms with E-state index in [1.54, 1.807) is 12.3 Å². The Balaban J connectivity index is 1.93. The van der Waals surface area contributed by atoms with Crippen LogP contribution >= 0.6 is 0 Å². The molecule has 2 N–H and O–H groups in total. The average Bonchev–Trinajstić information content (AvgIpc) is 2.59. The monoisotopic (exact) mass is 341 g/mol. The molecule has 1 aromatic heterocycles. The zero-order valence-electron chi connectivity index (χ0n) is 15.4. The summed E-state index contributed by atoms with van der Waals surface area (Å²) in [5.41, 5.74) is 3.14. The van der Waals surface area contributed by atoms with Gasteiger partial charge in [0, 0.05) is 43.9 Å². The molecule has 0 saturated carbocycles. The van der Waals surface area contributed by atoms with Crippen LogP contribution in [0.1, 0.15) is 16.9 Å². The van der Waals surface area contributed by atoms with E-state index in [9.17, 15) is 4.79 Å². The molecular weight excluding hydrogens is 314 g/mol. The van der Waals surface area contributed by atoms with Crippen LogP contribution in [0.2, 0.25) is 0 Å². The molecule has 0 fully saturated rings. The highest BCUT2D eigenvalue weighted by Gasteiger charge is 2.09. The van der Waals surface area contributed by atoms with E-state index >= 15 is 0 Å². The number of benzene rings is 1. The zero-order chi connectivity index (χ0) is 18.2. The fraction of sp³-hybridized carbons (Fsp3) is 0.368. The first-order valence-corrected chi connectivity index (χ1v) is 8.39. The third-order valence-electron chi connectivity index (χ3n) is 3.75. The Morgan fingerprint density at radius 2 is 1.76 bits per heavy atom. The average molecular weight is 341 g/mol. The summed E-state index contributed by atoms with van der Waals surface area (Å²) in [6, 6.07) is 11.3. The molecule has 1 heterocycles. The zero-order valence-corrected chi connectivity index (χ0v) is 15.4. The molecular formula is C19H27N5O. The predicted molar refractivity (Wildman–Crippen MR) is 105 cm³/mol. The molecule has 0 aliphatic heterocycles. The van der Waals surface area contributed by atoms with E-state index in [1.807, 2.05) is 49.3 Å². The molecule has 0 aliphatic carbocycles. The maximum absolute atomic E-state index is 12.4. The third-order valence-corrected chi connectivity index (χ3v) is 3.75. The van der Waals surface area contributed by atoms with E-state index in [0.29, 0.717) is 5.69 Å². The number of hydrogen-bond donors (Lipinski definition) is 2. The Bertz CT molecular complexity index is 682. The molecule has 1 aromatic carbocycles. The molecule has 134 valence electrons. The van der Waals surface area contributed by atoms with Crippen LogP contribution in [0.5, 0.6) is 0 Å². The lowest BCUT2D eigenvalue weighted by molar-refractivity contribution is 0.102. The van der Waals surface area contributed by atoms with Crippen LogP contribution in [-0.4, -0.2) is 57.1 Å². The molecule has 0 atom stereocenters. The summed E-state index contributed by atoms with van der Waals surface area (Å²) in [4.78, 5) is 20.7. The van der Waals surface area contributed by atoms with E-state index in [4.69, 9.17) is 0 Å². The summed E-state index contributed by atoms with van der Waals surface area (Å²) < 4.78 is 0. The van der Waals surface area contributed by atoms with Crippen LogP contribution in [0.25, 0.3) is 0 Å². The van der Waals surface area contributed by atoms with E-state index < -0.39 is 0 Å². The van der Waals surface area contributed by atoms with Gasteiger partial charge in [0.1, 0.15) is 5.69 Å². The lowest BCUT2D eigenvalue weighted by Crippen LogP contribution is -2.17. The second-order valence-corrected chi connectivity index (χ2v) is 6.41. The molecule has 0 bridgehead atoms. The fourth-order valence-electron chi connectivity index (χ4n) is 2.33. The number of aromatic nitrogens is 1. The topological polar surface area (TPSA) is 60.5 Å². The van der Waals surface area contributed by atoms with Crippen LogP contribution in [0, 0.1) is 0 Å². The normalized spacial score (nSPS) is 10.6. The quantitative estimate of drug-likeness (QED) is 0.723. The van der Waals surface area contributed by atoms with Crippen molar-refractivity contribution in [2.45, 2.75) is 6.42 Å². The Kier molecular flexibility index (Phi) is 6.77. The van der Waals surface area contributed by atoms with Crippen LogP contribution in [-0.2, 0) is 0 Å². The van der Waals surface area contributed by atoms with E-state index in [-0.39, 0.29) is 5.91 Å². The van der Waals surface area contributed by atoms with Crippen LogP contribution in [0.3, 0.4) is 0 Å². The SMILES string of the molecule is CN(C)CCCNc1ccnc(C(=O)Nc2ccc(N(C)C)cc2)c1. The molecule has 0 saturated heterocycles. The van der Waals surface area contributed by atoms with Gasteiger partial charge in [-0.15, -0.1) is 0 Å². The second-order valence-electron chi connectivity index (χ2n) is 6.41. The minimum atomic E-state index is -0.213. The van der Waals surface area contributed by atoms with Crippen molar-refractivity contribution in [3.63, 3.8) is 0 Å². The highest BCUT2D eigenvalue weighted by Crippen LogP contribution is 2.17. The van der Waals surface area contributed by atoms with Crippen molar-refractivity contribution in [1.29, 1.82) is 0 Å². The van der Waals surface area contributed by atoms with E-state index in [1.165, 1.54) is 0 Å². The first-order valence-electron chi connectivity index (χ1n) is 8.39. The van der Waals surface area contributed by atoms with Crippen molar-refractivity contribution >= 4 is 23.0 Å². The van der Waals surface area contributed by atoms with Gasteiger partial charge in [-0.2, -0.15) is 0 Å². The van der Waals surface area contributed by atoms with Crippen LogP contribution < -0.4 is 15.5 Å². The summed E-state index contributed by atoms with van der Waals surface area (Å²) in [6.45, 7) is 1.88. The summed E-state index contributed by atoms with van der Waals surface area (Å²) in [5.74, 6) is -0.213. The van der Waals surface area contributed by atoms with Crippen molar-refractivity contribution in [3.8, 4) is 0 Å². The van der Waals surface area contributed by atoms with Gasteiger partial charge in [-0.05, 0) is 63.5 Å². The van der Waals surface area contributed by atoms with Gasteiger partial charge in [-0.25, -0.2) is 0 Å². The van der Waals surface area contributed by atoms with Gasteiger partial charge >= 0.3 is 0 Å². The fourth-order valence-corrected chi connectivity index (χ4v) is 2.33. The van der Waals surface area contributed by atoms with Gasteiger partial charge in [0.05, 0.1) is 0 Å². The van der Waals surface area contributed by atoms with E-state index in [2.05, 4.69) is 34.6 Å². The van der Waals surface area contributed by atoms with Crippen LogP contribution in [0.15, 0.2) is 42.6 Å². The summed E-state index contributed by atoms with van der Waals surface area (Å²) in [5, 5.41) is 6.21. The molecule has 1 amide bonds. The highest BCUT2D eigenvalue weighted by molar-refractivity contribution is 6.03. The van der Waals surface area contributed by atoms with Crippen molar-refractivity contribution in [3.05, 3.63) is 48.3 Å². The molecule has 2 aromatic rings. The predicted octanol–water partition coefficient (Wildman–Crippen LogP) is 2.76. The van der Waals surface area contributed by atoms with Gasteiger partial charge in [0.2, 0.25) is 0 Å². The summed E-state index contributed by atoms with van der Waals surface area (Å²) in [7, 11) is 8.07. The van der Waals surface area contributed by atoms with Crippen molar-refractivity contribution < 1.29 is 4.79 Å². The summed E-state index contributed by atoms with van der Waals surface area (Å²) >= 11 is 0. The van der Waals surface area contributed by atoms with Gasteiger partial charge in [-0.3, -0.25) is 9.78 Å². The summed E-state index contributed by atoms with van der Waals surface area (Å²) in [6.07, 6.45) is 2.69. The number of carbonyl (C=O) groups excluding carboxylic acids is 1. The number of hydrogen-bond acceptors (Lipinski definition) is 5. The number of nitrogens with one attached hydrogen (secondary N) is 2. The van der Waals surface area contributed by atoms with Crippen molar-refractivity contribution in [2.24, 2.45) is 0 Å². The molecule has 0 radical (unpaired) electrons. The Morgan fingerprint density at radius 1 is 1.04 bits per heavy atom. The lowest BCUT2D eigenvalue weighted by atomic mass is 10.2. The van der Waals surface area contributed by atoms with Gasteiger partial charge < -0.3 is 20.4 Å². The van der Waals surface area contributed by atoms with Crippen molar-refractivity contribution in [1.82, 2.24) is 9.88 Å². The Hall–Kier alpha value is -2.60. The molecule has 0 aliphatic rings. The molecule has 0 unspecified atom stereocenters. The highest BCUT2D eigenvalue weighted by atomic mass is 16.1. The maximum atomic E-state index is 12.4. The largest absolute Gasteiger partial charge is 0.385 e. The number of rotatable bonds is 8. The molecule has 2 rings (SSSR count). The Labute approximate surface area is 149 Å². The number of carbonyl (C=O) groups is 1. The smallest absolute Gasteiger partial charge is 0.274 e. The second kappa shape index (κ2) is 9.03. The molecule has 6 nitrogen and oxygen atoms in total. The Morgan fingerprint density at radius 3 is 2.40 bits per heavy atom. The molecule has 6 heteroatoms. The van der Waals surface area contributed by atoms with Crippen molar-refractivity contribution in [2.75, 3.05) is 56.8 Å². The van der Waals surface area contributed by atoms with Gasteiger partial charge in [-0.1, -0.05) is 0 Å². The third kappa shape index (κ3) is 6.08. The number of pyridine rings is 1. The minimum Gasteiger partial charge on any atom is -0.385 e. The molecule has 0 spiro atoms. The number of anilines is 3. The molecule has 25 heavy (non-hydrogen) atoms. The van der Waals surface area contributed by atoms with Crippen LogP contribution in [0.4, 0.5) is 17.1 Å². The number of nitrogens with zero attached hydrogens (tertiary/aromatic N) is 3. The maximum Gasteiger partial charge on any atom is 0.274 e. The lowest BCUT2D eigenvalue weighted by Gasteiger charge is -2.13. The minimum absolute atomic E-state index is 0.213.